The lowest BCUT2D eigenvalue weighted by Gasteiger charge is -2.19. The number of nitrogens with one attached hydrogen (secondary N) is 1. The first kappa shape index (κ1) is 21.7. The quantitative estimate of drug-likeness (QED) is 0.644. The van der Waals surface area contributed by atoms with Crippen molar-refractivity contribution in [1.29, 1.82) is 5.26 Å². The van der Waals surface area contributed by atoms with Crippen LogP contribution in [0.1, 0.15) is 16.8 Å². The standard InChI is InChI=1S/C23H17ClF2N4O2/c24-17-4-3-14-7-16(2-1-15(14)8-17)20-11-28-6-5-19(20)22(32)29-12-21(31)30-13-23(25,26)9-18(30)10-27/h1-8,11,18H,9,12-13H2,(H,29,32). The van der Waals surface area contributed by atoms with Gasteiger partial charge in [0.1, 0.15) is 6.04 Å². The molecule has 1 unspecified atom stereocenters. The number of carbonyl (C=O) groups is 2. The highest BCUT2D eigenvalue weighted by atomic mass is 35.5. The van der Waals surface area contributed by atoms with Gasteiger partial charge in [0.15, 0.2) is 0 Å². The molecule has 1 saturated heterocycles. The first-order valence-electron chi connectivity index (χ1n) is 9.76. The maximum Gasteiger partial charge on any atom is 0.268 e. The van der Waals surface area contributed by atoms with E-state index in [0.717, 1.165) is 21.2 Å². The summed E-state index contributed by atoms with van der Waals surface area (Å²) in [6, 6.07) is 13.1. The summed E-state index contributed by atoms with van der Waals surface area (Å²) in [6.07, 6.45) is 2.29. The van der Waals surface area contributed by atoms with Crippen molar-refractivity contribution in [2.75, 3.05) is 13.1 Å². The van der Waals surface area contributed by atoms with Crippen molar-refractivity contribution in [1.82, 2.24) is 15.2 Å². The number of carbonyl (C=O) groups excluding carboxylic acids is 2. The molecule has 162 valence electrons. The van der Waals surface area contributed by atoms with Gasteiger partial charge in [-0.2, -0.15) is 5.26 Å². The molecule has 0 spiro atoms. The lowest BCUT2D eigenvalue weighted by molar-refractivity contribution is -0.131. The molecule has 0 radical (unpaired) electrons. The summed E-state index contributed by atoms with van der Waals surface area (Å²) in [5.41, 5.74) is 1.58. The van der Waals surface area contributed by atoms with Crippen LogP contribution in [0.2, 0.25) is 5.02 Å². The van der Waals surface area contributed by atoms with E-state index in [2.05, 4.69) is 10.3 Å². The van der Waals surface area contributed by atoms with Crippen LogP contribution in [0.25, 0.3) is 21.9 Å². The normalized spacial score (nSPS) is 17.2. The van der Waals surface area contributed by atoms with Gasteiger partial charge in [0, 0.05) is 29.4 Å². The van der Waals surface area contributed by atoms with Gasteiger partial charge in [-0.3, -0.25) is 14.6 Å². The first-order chi connectivity index (χ1) is 15.3. The molecule has 1 aliphatic heterocycles. The average Bonchev–Trinajstić information content (AvgIpc) is 3.11. The van der Waals surface area contributed by atoms with E-state index in [9.17, 15) is 18.4 Å². The number of halogens is 3. The second-order valence-electron chi connectivity index (χ2n) is 7.54. The third-order valence-corrected chi connectivity index (χ3v) is 5.55. The molecule has 0 bridgehead atoms. The summed E-state index contributed by atoms with van der Waals surface area (Å²) < 4.78 is 27.2. The van der Waals surface area contributed by atoms with E-state index in [1.54, 1.807) is 18.3 Å². The van der Waals surface area contributed by atoms with Crippen LogP contribution in [0.3, 0.4) is 0 Å². The van der Waals surface area contributed by atoms with Gasteiger partial charge in [-0.15, -0.1) is 0 Å². The summed E-state index contributed by atoms with van der Waals surface area (Å²) in [4.78, 5) is 30.1. The number of likely N-dealkylation sites (tertiary alicyclic amines) is 1. The number of rotatable bonds is 4. The molecule has 2 amide bonds. The summed E-state index contributed by atoms with van der Waals surface area (Å²) >= 11 is 6.03. The van der Waals surface area contributed by atoms with Gasteiger partial charge in [-0.25, -0.2) is 8.78 Å². The number of hydrogen-bond acceptors (Lipinski definition) is 4. The Morgan fingerprint density at radius 1 is 1.22 bits per heavy atom. The number of alkyl halides is 2. The third-order valence-electron chi connectivity index (χ3n) is 5.32. The molecule has 1 aromatic heterocycles. The largest absolute Gasteiger partial charge is 0.343 e. The van der Waals surface area contributed by atoms with Crippen molar-refractivity contribution >= 4 is 34.2 Å². The van der Waals surface area contributed by atoms with Crippen molar-refractivity contribution in [2.24, 2.45) is 0 Å². The Kier molecular flexibility index (Phi) is 5.76. The van der Waals surface area contributed by atoms with Crippen molar-refractivity contribution < 1.29 is 18.4 Å². The predicted octanol–water partition coefficient (Wildman–Crippen LogP) is 4.04. The highest BCUT2D eigenvalue weighted by Gasteiger charge is 2.47. The zero-order valence-corrected chi connectivity index (χ0v) is 17.4. The first-order valence-corrected chi connectivity index (χ1v) is 10.1. The Hall–Kier alpha value is -3.57. The molecule has 4 rings (SSSR count). The van der Waals surface area contributed by atoms with Gasteiger partial charge in [-0.1, -0.05) is 29.8 Å². The molecule has 1 N–H and O–H groups in total. The van der Waals surface area contributed by atoms with Gasteiger partial charge in [0.25, 0.3) is 11.8 Å². The fourth-order valence-electron chi connectivity index (χ4n) is 3.75. The van der Waals surface area contributed by atoms with Crippen LogP contribution in [-0.4, -0.2) is 46.8 Å². The number of pyridine rings is 1. The maximum atomic E-state index is 13.6. The molecule has 32 heavy (non-hydrogen) atoms. The molecule has 0 aliphatic carbocycles. The molecule has 6 nitrogen and oxygen atoms in total. The monoisotopic (exact) mass is 454 g/mol. The third kappa shape index (κ3) is 4.39. The average molecular weight is 455 g/mol. The molecule has 3 aromatic rings. The molecule has 2 heterocycles. The van der Waals surface area contributed by atoms with Crippen LogP contribution >= 0.6 is 11.6 Å². The number of fused-ring (bicyclic) bond motifs is 1. The summed E-state index contributed by atoms with van der Waals surface area (Å²) in [5.74, 6) is -4.40. The predicted molar refractivity (Wildman–Crippen MR) is 115 cm³/mol. The number of nitriles is 1. The molecule has 2 aromatic carbocycles. The number of amides is 2. The van der Waals surface area contributed by atoms with Crippen LogP contribution in [0, 0.1) is 11.3 Å². The lowest BCUT2D eigenvalue weighted by Crippen LogP contribution is -2.43. The van der Waals surface area contributed by atoms with E-state index in [1.807, 2.05) is 30.3 Å². The van der Waals surface area contributed by atoms with Crippen molar-refractivity contribution in [3.63, 3.8) is 0 Å². The molecular weight excluding hydrogens is 438 g/mol. The molecule has 1 fully saturated rings. The zero-order chi connectivity index (χ0) is 22.9. The number of nitrogens with zero attached hydrogens (tertiary/aromatic N) is 3. The maximum absolute atomic E-state index is 13.6. The smallest absolute Gasteiger partial charge is 0.268 e. The van der Waals surface area contributed by atoms with Gasteiger partial charge >= 0.3 is 0 Å². The Morgan fingerprint density at radius 3 is 2.75 bits per heavy atom. The van der Waals surface area contributed by atoms with Crippen LogP contribution < -0.4 is 5.32 Å². The molecule has 1 aliphatic rings. The minimum Gasteiger partial charge on any atom is -0.343 e. The van der Waals surface area contributed by atoms with Crippen LogP contribution in [0.5, 0.6) is 0 Å². The Bertz CT molecular complexity index is 1260. The minimum atomic E-state index is -3.11. The highest BCUT2D eigenvalue weighted by Crippen LogP contribution is 2.32. The van der Waals surface area contributed by atoms with E-state index in [-0.39, 0.29) is 5.56 Å². The van der Waals surface area contributed by atoms with Crippen LogP contribution in [0.4, 0.5) is 8.78 Å². The number of benzene rings is 2. The van der Waals surface area contributed by atoms with Crippen LogP contribution in [0.15, 0.2) is 54.9 Å². The zero-order valence-electron chi connectivity index (χ0n) is 16.7. The fourth-order valence-corrected chi connectivity index (χ4v) is 3.93. The van der Waals surface area contributed by atoms with E-state index in [1.165, 1.54) is 12.3 Å². The molecule has 1 atom stereocenters. The number of aromatic nitrogens is 1. The second kappa shape index (κ2) is 8.52. The fraction of sp³-hybridized carbons (Fsp3) is 0.217. The molecule has 0 saturated carbocycles. The van der Waals surface area contributed by atoms with Gasteiger partial charge < -0.3 is 10.2 Å². The van der Waals surface area contributed by atoms with Gasteiger partial charge in [0.2, 0.25) is 5.91 Å². The Labute approximate surface area is 187 Å². The minimum absolute atomic E-state index is 0.282. The van der Waals surface area contributed by atoms with Crippen molar-refractivity contribution in [3.8, 4) is 17.2 Å². The lowest BCUT2D eigenvalue weighted by atomic mass is 9.98. The summed E-state index contributed by atoms with van der Waals surface area (Å²) in [5, 5.41) is 14.0. The summed E-state index contributed by atoms with van der Waals surface area (Å²) in [6.45, 7) is -1.33. The highest BCUT2D eigenvalue weighted by molar-refractivity contribution is 6.31. The van der Waals surface area contributed by atoms with Crippen molar-refractivity contribution in [3.05, 3.63) is 65.4 Å². The SMILES string of the molecule is N#CC1CC(F)(F)CN1C(=O)CNC(=O)c1ccncc1-c1ccc2cc(Cl)ccc2c1. The van der Waals surface area contributed by atoms with Crippen molar-refractivity contribution in [2.45, 2.75) is 18.4 Å². The van der Waals surface area contributed by atoms with E-state index in [0.29, 0.717) is 10.6 Å². The van der Waals surface area contributed by atoms with E-state index in [4.69, 9.17) is 16.9 Å². The summed E-state index contributed by atoms with van der Waals surface area (Å²) in [7, 11) is 0. The van der Waals surface area contributed by atoms with E-state index >= 15 is 0 Å². The van der Waals surface area contributed by atoms with Gasteiger partial charge in [-0.05, 0) is 40.6 Å². The van der Waals surface area contributed by atoms with Crippen LogP contribution in [-0.2, 0) is 4.79 Å². The Balaban J connectivity index is 1.53. The number of hydrogen-bond donors (Lipinski definition) is 1. The molecular formula is C23H17ClF2N4O2. The second-order valence-corrected chi connectivity index (χ2v) is 7.97. The van der Waals surface area contributed by atoms with E-state index < -0.39 is 43.3 Å². The molecule has 9 heteroatoms. The Morgan fingerprint density at radius 2 is 1.97 bits per heavy atom. The topological polar surface area (TPSA) is 86.1 Å². The van der Waals surface area contributed by atoms with Gasteiger partial charge in [0.05, 0.1) is 24.7 Å².